The number of aliphatic hydroxyl groups is 1. The van der Waals surface area contributed by atoms with Gasteiger partial charge in [-0.15, -0.1) is 0 Å². The van der Waals surface area contributed by atoms with Crippen molar-refractivity contribution in [2.75, 3.05) is 12.4 Å². The van der Waals surface area contributed by atoms with Gasteiger partial charge in [0.1, 0.15) is 5.82 Å². The molecule has 23 heavy (non-hydrogen) atoms. The summed E-state index contributed by atoms with van der Waals surface area (Å²) in [5, 5.41) is 12.6. The third kappa shape index (κ3) is 2.90. The average Bonchev–Trinajstić information content (AvgIpc) is 3.39. The van der Waals surface area contributed by atoms with Gasteiger partial charge in [0.25, 0.3) is 0 Å². The molecule has 0 atom stereocenters. The van der Waals surface area contributed by atoms with E-state index in [1.54, 1.807) is 6.20 Å². The lowest BCUT2D eigenvalue weighted by Crippen LogP contribution is -2.21. The summed E-state index contributed by atoms with van der Waals surface area (Å²) in [7, 11) is 2.01. The molecule has 0 unspecified atom stereocenters. The van der Waals surface area contributed by atoms with E-state index in [-0.39, 0.29) is 6.61 Å². The minimum atomic E-state index is -0.0526. The van der Waals surface area contributed by atoms with Crippen LogP contribution in [0.3, 0.4) is 0 Å². The quantitative estimate of drug-likeness (QED) is 0.906. The highest BCUT2D eigenvalue weighted by Gasteiger charge is 2.25. The SMILES string of the molecule is CN1C=Nc2cc(-c3ccc(CO)nc3)nc(NC3CC3)c2C1. The van der Waals surface area contributed by atoms with Gasteiger partial charge in [-0.3, -0.25) is 4.98 Å². The van der Waals surface area contributed by atoms with Crippen molar-refractivity contribution < 1.29 is 5.11 Å². The summed E-state index contributed by atoms with van der Waals surface area (Å²) in [4.78, 5) is 15.7. The maximum absolute atomic E-state index is 9.12. The van der Waals surface area contributed by atoms with E-state index < -0.39 is 0 Å². The molecule has 0 spiro atoms. The normalized spacial score (nSPS) is 16.3. The largest absolute Gasteiger partial charge is 0.390 e. The molecule has 2 aromatic rings. The van der Waals surface area contributed by atoms with Crippen molar-refractivity contribution in [3.63, 3.8) is 0 Å². The van der Waals surface area contributed by atoms with Gasteiger partial charge in [-0.1, -0.05) is 0 Å². The van der Waals surface area contributed by atoms with Crippen LogP contribution < -0.4 is 5.32 Å². The lowest BCUT2D eigenvalue weighted by Gasteiger charge is -2.23. The van der Waals surface area contributed by atoms with Gasteiger partial charge < -0.3 is 15.3 Å². The van der Waals surface area contributed by atoms with E-state index in [1.165, 1.54) is 12.8 Å². The Kier molecular flexibility index (Phi) is 3.46. The third-order valence-corrected chi connectivity index (χ3v) is 4.10. The zero-order valence-electron chi connectivity index (χ0n) is 13.0. The molecular weight excluding hydrogens is 290 g/mol. The van der Waals surface area contributed by atoms with E-state index in [0.717, 1.165) is 34.9 Å². The highest BCUT2D eigenvalue weighted by atomic mass is 16.3. The Hall–Kier alpha value is -2.47. The van der Waals surface area contributed by atoms with Crippen molar-refractivity contribution in [3.8, 4) is 11.3 Å². The van der Waals surface area contributed by atoms with Gasteiger partial charge in [-0.25, -0.2) is 9.98 Å². The van der Waals surface area contributed by atoms with Crippen LogP contribution in [0.1, 0.15) is 24.1 Å². The van der Waals surface area contributed by atoms with Crippen molar-refractivity contribution in [2.45, 2.75) is 32.0 Å². The summed E-state index contributed by atoms with van der Waals surface area (Å²) in [5.41, 5.74) is 4.54. The molecule has 4 rings (SSSR count). The van der Waals surface area contributed by atoms with Crippen LogP contribution in [0.25, 0.3) is 11.3 Å². The summed E-state index contributed by atoms with van der Waals surface area (Å²) < 4.78 is 0. The molecule has 0 saturated heterocycles. The molecule has 3 heterocycles. The average molecular weight is 309 g/mol. The molecule has 118 valence electrons. The second-order valence-corrected chi connectivity index (χ2v) is 6.13. The van der Waals surface area contributed by atoms with E-state index in [0.29, 0.717) is 11.7 Å². The summed E-state index contributed by atoms with van der Waals surface area (Å²) in [6.45, 7) is 0.756. The number of nitrogens with one attached hydrogen (secondary N) is 1. The van der Waals surface area contributed by atoms with E-state index in [4.69, 9.17) is 10.1 Å². The smallest absolute Gasteiger partial charge is 0.134 e. The van der Waals surface area contributed by atoms with Crippen LogP contribution >= 0.6 is 0 Å². The first-order valence-electron chi connectivity index (χ1n) is 7.84. The van der Waals surface area contributed by atoms with Gasteiger partial charge in [-0.05, 0) is 31.0 Å². The highest BCUT2D eigenvalue weighted by molar-refractivity contribution is 5.76. The molecule has 1 fully saturated rings. The number of hydrogen-bond acceptors (Lipinski definition) is 6. The standard InChI is InChI=1S/C17H19N5O/c1-22-8-14-16(19-10-22)6-15(21-17(14)20-12-4-5-12)11-2-3-13(9-23)18-7-11/h2-3,6-7,10,12,23H,4-5,8-9H2,1H3,(H,20,21). The first-order valence-corrected chi connectivity index (χ1v) is 7.84. The van der Waals surface area contributed by atoms with Crippen LogP contribution in [-0.2, 0) is 13.2 Å². The molecule has 0 bridgehead atoms. The Labute approximate surface area is 134 Å². The molecule has 2 aromatic heterocycles. The third-order valence-electron chi connectivity index (χ3n) is 4.10. The predicted molar refractivity (Wildman–Crippen MR) is 89.7 cm³/mol. The Morgan fingerprint density at radius 2 is 2.22 bits per heavy atom. The molecule has 0 aromatic carbocycles. The van der Waals surface area contributed by atoms with Gasteiger partial charge in [0.15, 0.2) is 0 Å². The zero-order valence-corrected chi connectivity index (χ0v) is 13.0. The number of aromatic nitrogens is 2. The molecule has 1 saturated carbocycles. The number of hydrogen-bond donors (Lipinski definition) is 2. The van der Waals surface area contributed by atoms with Crippen molar-refractivity contribution in [2.24, 2.45) is 4.99 Å². The van der Waals surface area contributed by atoms with E-state index in [9.17, 15) is 0 Å². The topological polar surface area (TPSA) is 73.6 Å². The Bertz CT molecular complexity index is 752. The number of aliphatic hydroxyl groups excluding tert-OH is 1. The van der Waals surface area contributed by atoms with E-state index >= 15 is 0 Å². The van der Waals surface area contributed by atoms with Crippen LogP contribution in [0.2, 0.25) is 0 Å². The first-order chi connectivity index (χ1) is 11.2. The van der Waals surface area contributed by atoms with E-state index in [1.807, 2.05) is 31.6 Å². The molecule has 0 radical (unpaired) electrons. The van der Waals surface area contributed by atoms with Gasteiger partial charge in [0, 0.05) is 37.0 Å². The zero-order chi connectivity index (χ0) is 15.8. The second kappa shape index (κ2) is 5.62. The number of pyridine rings is 2. The van der Waals surface area contributed by atoms with Crippen molar-refractivity contribution in [1.29, 1.82) is 0 Å². The fourth-order valence-corrected chi connectivity index (χ4v) is 2.64. The van der Waals surface area contributed by atoms with Crippen LogP contribution in [0.15, 0.2) is 29.4 Å². The van der Waals surface area contributed by atoms with Crippen molar-refractivity contribution in [3.05, 3.63) is 35.7 Å². The summed E-state index contributed by atoms with van der Waals surface area (Å²) >= 11 is 0. The maximum Gasteiger partial charge on any atom is 0.134 e. The van der Waals surface area contributed by atoms with Crippen molar-refractivity contribution >= 4 is 17.8 Å². The molecule has 1 aliphatic carbocycles. The number of anilines is 1. The molecule has 2 aliphatic rings. The highest BCUT2D eigenvalue weighted by Crippen LogP contribution is 2.35. The second-order valence-electron chi connectivity index (χ2n) is 6.13. The minimum absolute atomic E-state index is 0.0526. The van der Waals surface area contributed by atoms with Gasteiger partial charge >= 0.3 is 0 Å². The van der Waals surface area contributed by atoms with Gasteiger partial charge in [-0.2, -0.15) is 0 Å². The van der Waals surface area contributed by atoms with E-state index in [2.05, 4.69) is 20.2 Å². The Morgan fingerprint density at radius 3 is 2.91 bits per heavy atom. The molecule has 2 N–H and O–H groups in total. The van der Waals surface area contributed by atoms with Gasteiger partial charge in [0.2, 0.25) is 0 Å². The maximum atomic E-state index is 9.12. The van der Waals surface area contributed by atoms with Crippen molar-refractivity contribution in [1.82, 2.24) is 14.9 Å². The van der Waals surface area contributed by atoms with Crippen LogP contribution in [0, 0.1) is 0 Å². The predicted octanol–water partition coefficient (Wildman–Crippen LogP) is 2.32. The van der Waals surface area contributed by atoms with Crippen LogP contribution in [0.4, 0.5) is 11.5 Å². The first kappa shape index (κ1) is 14.1. The molecule has 1 aliphatic heterocycles. The Morgan fingerprint density at radius 1 is 1.35 bits per heavy atom. The minimum Gasteiger partial charge on any atom is -0.390 e. The number of rotatable bonds is 4. The fraction of sp³-hybridized carbons (Fsp3) is 0.353. The number of nitrogens with zero attached hydrogens (tertiary/aromatic N) is 4. The van der Waals surface area contributed by atoms with Crippen LogP contribution in [0.5, 0.6) is 0 Å². The fourth-order valence-electron chi connectivity index (χ4n) is 2.64. The number of fused-ring (bicyclic) bond motifs is 1. The molecular formula is C17H19N5O. The molecule has 0 amide bonds. The molecule has 6 heteroatoms. The summed E-state index contributed by atoms with van der Waals surface area (Å²) in [6, 6.07) is 6.30. The lowest BCUT2D eigenvalue weighted by atomic mass is 10.1. The lowest BCUT2D eigenvalue weighted by molar-refractivity contribution is 0.277. The summed E-state index contributed by atoms with van der Waals surface area (Å²) in [6.07, 6.45) is 6.00. The van der Waals surface area contributed by atoms with Crippen LogP contribution in [-0.4, -0.2) is 39.4 Å². The summed E-state index contributed by atoms with van der Waals surface area (Å²) in [5.74, 6) is 0.926. The Balaban J connectivity index is 1.76. The molecule has 6 nitrogen and oxygen atoms in total. The monoisotopic (exact) mass is 309 g/mol. The van der Waals surface area contributed by atoms with Gasteiger partial charge in [0.05, 0.1) is 30.0 Å². The number of aliphatic imine (C=N–C) groups is 1.